The fourth-order valence-electron chi connectivity index (χ4n) is 2.66. The van der Waals surface area contributed by atoms with Gasteiger partial charge in [-0.05, 0) is 38.1 Å². The Morgan fingerprint density at radius 2 is 1.86 bits per heavy atom. The van der Waals surface area contributed by atoms with Crippen LogP contribution < -0.4 is 5.32 Å². The van der Waals surface area contributed by atoms with Gasteiger partial charge in [0, 0.05) is 37.2 Å². The number of carbonyl (C=O) groups is 1. The summed E-state index contributed by atoms with van der Waals surface area (Å²) in [6.45, 7) is 6.61. The number of piperazine rings is 1. The Labute approximate surface area is 135 Å². The Morgan fingerprint density at radius 3 is 2.43 bits per heavy atom. The van der Waals surface area contributed by atoms with Crippen LogP contribution in [0.1, 0.15) is 12.5 Å². The van der Waals surface area contributed by atoms with Gasteiger partial charge < -0.3 is 10.2 Å². The summed E-state index contributed by atoms with van der Waals surface area (Å²) in [5.41, 5.74) is 1.20. The van der Waals surface area contributed by atoms with Crippen LogP contribution in [-0.2, 0) is 11.2 Å². The van der Waals surface area contributed by atoms with E-state index in [1.54, 1.807) is 0 Å². The Hall–Kier alpha value is -0.910. The molecule has 1 aliphatic rings. The van der Waals surface area contributed by atoms with Gasteiger partial charge >= 0.3 is 0 Å². The molecule has 4 nitrogen and oxygen atoms in total. The van der Waals surface area contributed by atoms with Crippen molar-refractivity contribution in [3.05, 3.63) is 34.3 Å². The van der Waals surface area contributed by atoms with Gasteiger partial charge in [0.1, 0.15) is 0 Å². The lowest BCUT2D eigenvalue weighted by atomic mass is 10.0. The van der Waals surface area contributed by atoms with Gasteiger partial charge in [-0.3, -0.25) is 9.69 Å². The van der Waals surface area contributed by atoms with Crippen LogP contribution in [-0.4, -0.2) is 61.5 Å². The Bertz CT molecular complexity index is 455. The number of carbonyl (C=O) groups excluding carboxylic acids is 1. The number of amides is 1. The highest BCUT2D eigenvalue weighted by atomic mass is 79.9. The molecule has 2 rings (SSSR count). The predicted molar refractivity (Wildman–Crippen MR) is 89.4 cm³/mol. The summed E-state index contributed by atoms with van der Waals surface area (Å²) in [6.07, 6.45) is 0.767. The average Bonchev–Trinajstić information content (AvgIpc) is 2.48. The number of benzene rings is 1. The topological polar surface area (TPSA) is 35.6 Å². The second kappa shape index (κ2) is 7.92. The molecule has 5 heteroatoms. The van der Waals surface area contributed by atoms with Gasteiger partial charge in [0.25, 0.3) is 0 Å². The summed E-state index contributed by atoms with van der Waals surface area (Å²) in [5, 5.41) is 2.98. The molecular weight excluding hydrogens is 330 g/mol. The summed E-state index contributed by atoms with van der Waals surface area (Å²) in [7, 11) is 2.13. The summed E-state index contributed by atoms with van der Waals surface area (Å²) >= 11 is 3.45. The fourth-order valence-corrected chi connectivity index (χ4v) is 2.92. The summed E-state index contributed by atoms with van der Waals surface area (Å²) in [4.78, 5) is 17.0. The third-order valence-corrected chi connectivity index (χ3v) is 4.50. The van der Waals surface area contributed by atoms with Crippen molar-refractivity contribution >= 4 is 21.8 Å². The predicted octanol–water partition coefficient (Wildman–Crippen LogP) is 1.74. The van der Waals surface area contributed by atoms with Crippen molar-refractivity contribution < 1.29 is 4.79 Å². The van der Waals surface area contributed by atoms with E-state index in [-0.39, 0.29) is 11.9 Å². The van der Waals surface area contributed by atoms with Gasteiger partial charge in [-0.2, -0.15) is 0 Å². The molecule has 1 atom stereocenters. The smallest absolute Gasteiger partial charge is 0.237 e. The van der Waals surface area contributed by atoms with Crippen molar-refractivity contribution in [3.63, 3.8) is 0 Å². The quantitative estimate of drug-likeness (QED) is 0.875. The van der Waals surface area contributed by atoms with Crippen molar-refractivity contribution in [2.75, 3.05) is 39.8 Å². The molecule has 1 aliphatic heterocycles. The maximum absolute atomic E-state index is 12.4. The number of halogens is 1. The Morgan fingerprint density at radius 1 is 1.24 bits per heavy atom. The van der Waals surface area contributed by atoms with E-state index in [1.807, 2.05) is 19.1 Å². The van der Waals surface area contributed by atoms with E-state index in [0.29, 0.717) is 6.54 Å². The van der Waals surface area contributed by atoms with E-state index in [0.717, 1.165) is 37.1 Å². The van der Waals surface area contributed by atoms with Crippen molar-refractivity contribution in [3.8, 4) is 0 Å². The highest BCUT2D eigenvalue weighted by molar-refractivity contribution is 9.10. The fraction of sp³-hybridized carbons (Fsp3) is 0.562. The number of hydrogen-bond acceptors (Lipinski definition) is 3. The second-order valence-corrected chi connectivity index (χ2v) is 6.50. The highest BCUT2D eigenvalue weighted by Gasteiger charge is 2.28. The van der Waals surface area contributed by atoms with Gasteiger partial charge in [0.15, 0.2) is 0 Å². The van der Waals surface area contributed by atoms with E-state index in [4.69, 9.17) is 0 Å². The summed E-state index contributed by atoms with van der Waals surface area (Å²) in [6, 6.07) is 8.18. The van der Waals surface area contributed by atoms with E-state index in [1.165, 1.54) is 5.56 Å². The van der Waals surface area contributed by atoms with Crippen LogP contribution in [0.2, 0.25) is 0 Å². The molecule has 0 aliphatic carbocycles. The minimum atomic E-state index is -0.0696. The molecule has 1 unspecified atom stereocenters. The summed E-state index contributed by atoms with van der Waals surface area (Å²) in [5.74, 6) is 0.143. The number of nitrogens with zero attached hydrogens (tertiary/aromatic N) is 2. The van der Waals surface area contributed by atoms with E-state index >= 15 is 0 Å². The van der Waals surface area contributed by atoms with Crippen molar-refractivity contribution in [1.29, 1.82) is 0 Å². The molecule has 0 saturated carbocycles. The Kier molecular flexibility index (Phi) is 6.21. The van der Waals surface area contributed by atoms with Crippen LogP contribution >= 0.6 is 15.9 Å². The zero-order chi connectivity index (χ0) is 15.2. The lowest BCUT2D eigenvalue weighted by Gasteiger charge is -2.37. The van der Waals surface area contributed by atoms with E-state index < -0.39 is 0 Å². The lowest BCUT2D eigenvalue weighted by molar-refractivity contribution is -0.127. The molecule has 1 aromatic rings. The second-order valence-electron chi connectivity index (χ2n) is 5.58. The maximum Gasteiger partial charge on any atom is 0.237 e. The zero-order valence-electron chi connectivity index (χ0n) is 12.8. The molecule has 1 aromatic carbocycles. The molecule has 0 aromatic heterocycles. The zero-order valence-corrected chi connectivity index (χ0v) is 14.4. The molecule has 1 heterocycles. The normalized spacial score (nSPS) is 18.4. The van der Waals surface area contributed by atoms with Crippen molar-refractivity contribution in [2.45, 2.75) is 19.4 Å². The number of likely N-dealkylation sites (N-methyl/N-ethyl adjacent to an activating group) is 2. The number of hydrogen-bond donors (Lipinski definition) is 1. The molecule has 1 saturated heterocycles. The van der Waals surface area contributed by atoms with Gasteiger partial charge in [0.2, 0.25) is 5.91 Å². The van der Waals surface area contributed by atoms with Gasteiger partial charge in [-0.25, -0.2) is 0 Å². The minimum Gasteiger partial charge on any atom is -0.355 e. The van der Waals surface area contributed by atoms with Crippen molar-refractivity contribution in [2.24, 2.45) is 0 Å². The average molecular weight is 354 g/mol. The van der Waals surface area contributed by atoms with Crippen LogP contribution in [0.3, 0.4) is 0 Å². The van der Waals surface area contributed by atoms with Gasteiger partial charge in [0.05, 0.1) is 6.04 Å². The summed E-state index contributed by atoms with van der Waals surface area (Å²) < 4.78 is 1.07. The highest BCUT2D eigenvalue weighted by Crippen LogP contribution is 2.15. The third kappa shape index (κ3) is 4.80. The van der Waals surface area contributed by atoms with E-state index in [2.05, 4.69) is 50.2 Å². The SMILES string of the molecule is CCNC(=O)C(Cc1ccc(Br)cc1)N1CCN(C)CC1. The number of rotatable bonds is 5. The van der Waals surface area contributed by atoms with E-state index in [9.17, 15) is 4.79 Å². The largest absolute Gasteiger partial charge is 0.355 e. The molecule has 116 valence electrons. The monoisotopic (exact) mass is 353 g/mol. The Balaban J connectivity index is 2.08. The standard InChI is InChI=1S/C16H24BrN3O/c1-3-18-16(21)15(20-10-8-19(2)9-11-20)12-13-4-6-14(17)7-5-13/h4-7,15H,3,8-12H2,1-2H3,(H,18,21). The third-order valence-electron chi connectivity index (χ3n) is 3.97. The van der Waals surface area contributed by atoms with Gasteiger partial charge in [-0.1, -0.05) is 28.1 Å². The van der Waals surface area contributed by atoms with Crippen LogP contribution in [0.4, 0.5) is 0 Å². The molecule has 0 spiro atoms. The van der Waals surface area contributed by atoms with Crippen molar-refractivity contribution in [1.82, 2.24) is 15.1 Å². The molecule has 1 N–H and O–H groups in total. The first-order chi connectivity index (χ1) is 10.1. The molecule has 21 heavy (non-hydrogen) atoms. The molecule has 1 fully saturated rings. The van der Waals surface area contributed by atoms with Crippen LogP contribution in [0.15, 0.2) is 28.7 Å². The first kappa shape index (κ1) is 16.5. The molecule has 0 radical (unpaired) electrons. The molecule has 1 amide bonds. The first-order valence-corrected chi connectivity index (χ1v) is 8.34. The maximum atomic E-state index is 12.4. The van der Waals surface area contributed by atoms with Crippen LogP contribution in [0.5, 0.6) is 0 Å². The molecular formula is C16H24BrN3O. The first-order valence-electron chi connectivity index (χ1n) is 7.55. The van der Waals surface area contributed by atoms with Crippen LogP contribution in [0.25, 0.3) is 0 Å². The minimum absolute atomic E-state index is 0.0696. The number of nitrogens with one attached hydrogen (secondary N) is 1. The lowest BCUT2D eigenvalue weighted by Crippen LogP contribution is -2.55. The molecule has 0 bridgehead atoms. The van der Waals surface area contributed by atoms with Gasteiger partial charge in [-0.15, -0.1) is 0 Å². The van der Waals surface area contributed by atoms with Crippen LogP contribution in [0, 0.1) is 0 Å².